The highest BCUT2D eigenvalue weighted by atomic mass is 127. The van der Waals surface area contributed by atoms with E-state index in [1.807, 2.05) is 0 Å². The molecule has 0 heterocycles. The van der Waals surface area contributed by atoms with Crippen molar-refractivity contribution in [2.45, 2.75) is 13.0 Å². The van der Waals surface area contributed by atoms with Crippen molar-refractivity contribution in [3.8, 4) is 0 Å². The Hall–Kier alpha value is -1.56. The highest BCUT2D eigenvalue weighted by molar-refractivity contribution is 14.1. The van der Waals surface area contributed by atoms with Gasteiger partial charge in [0, 0.05) is 15.3 Å². The average Bonchev–Trinajstić information content (AvgIpc) is 2.40. The van der Waals surface area contributed by atoms with Gasteiger partial charge in [-0.15, -0.1) is 0 Å². The molecule has 0 spiro atoms. The molecule has 0 aliphatic carbocycles. The highest BCUT2D eigenvalue weighted by Crippen LogP contribution is 2.20. The molecule has 0 bridgehead atoms. The molecule has 3 nitrogen and oxygen atoms in total. The van der Waals surface area contributed by atoms with Crippen LogP contribution < -0.4 is 5.32 Å². The first-order valence-corrected chi connectivity index (χ1v) is 6.99. The zero-order valence-corrected chi connectivity index (χ0v) is 12.6. The molecule has 2 N–H and O–H groups in total. The van der Waals surface area contributed by atoms with Crippen LogP contribution in [0.5, 0.6) is 0 Å². The average molecular weight is 367 g/mol. The van der Waals surface area contributed by atoms with E-state index in [1.54, 1.807) is 24.3 Å². The van der Waals surface area contributed by atoms with Gasteiger partial charge in [0.05, 0.1) is 5.56 Å². The number of nitrogens with one attached hydrogen (secondary N) is 1. The fourth-order valence-electron chi connectivity index (χ4n) is 1.79. The van der Waals surface area contributed by atoms with E-state index in [2.05, 4.69) is 59.1 Å². The van der Waals surface area contributed by atoms with Crippen LogP contribution in [0.25, 0.3) is 0 Å². The Balaban J connectivity index is 2.08. The molecule has 4 heteroatoms. The Kier molecular flexibility index (Phi) is 4.42. The number of carboxylic acids is 1. The molecule has 0 radical (unpaired) electrons. The summed E-state index contributed by atoms with van der Waals surface area (Å²) in [6.45, 7) is 2.08. The third-order valence-corrected chi connectivity index (χ3v) is 3.60. The summed E-state index contributed by atoms with van der Waals surface area (Å²) in [5, 5.41) is 12.2. The van der Waals surface area contributed by atoms with E-state index < -0.39 is 5.97 Å². The van der Waals surface area contributed by atoms with Crippen LogP contribution in [0.4, 0.5) is 5.69 Å². The minimum absolute atomic E-state index is 0.174. The fourth-order valence-corrected chi connectivity index (χ4v) is 2.15. The molecular formula is C15H14INO2. The van der Waals surface area contributed by atoms with E-state index in [-0.39, 0.29) is 6.04 Å². The van der Waals surface area contributed by atoms with Crippen molar-refractivity contribution in [3.05, 3.63) is 63.2 Å². The van der Waals surface area contributed by atoms with E-state index in [1.165, 1.54) is 9.13 Å². The van der Waals surface area contributed by atoms with Gasteiger partial charge in [-0.1, -0.05) is 12.1 Å². The predicted molar refractivity (Wildman–Crippen MR) is 84.6 cm³/mol. The number of carboxylic acid groups (broad SMARTS) is 1. The van der Waals surface area contributed by atoms with Gasteiger partial charge in [0.15, 0.2) is 0 Å². The van der Waals surface area contributed by atoms with Gasteiger partial charge in [-0.3, -0.25) is 0 Å². The molecule has 1 unspecified atom stereocenters. The second-order valence-electron chi connectivity index (χ2n) is 4.30. The topological polar surface area (TPSA) is 49.3 Å². The van der Waals surface area contributed by atoms with Crippen molar-refractivity contribution < 1.29 is 9.90 Å². The number of benzene rings is 2. The van der Waals surface area contributed by atoms with Gasteiger partial charge >= 0.3 is 5.97 Å². The number of rotatable bonds is 4. The minimum atomic E-state index is -0.905. The molecule has 1 atom stereocenters. The summed E-state index contributed by atoms with van der Waals surface area (Å²) in [5.74, 6) is -0.905. The summed E-state index contributed by atoms with van der Waals surface area (Å²) in [4.78, 5) is 10.8. The van der Waals surface area contributed by atoms with E-state index in [0.29, 0.717) is 5.56 Å². The molecule has 2 aromatic carbocycles. The van der Waals surface area contributed by atoms with Gasteiger partial charge < -0.3 is 10.4 Å². The maximum absolute atomic E-state index is 10.8. The standard InChI is InChI=1S/C15H14INO2/c1-10(11-2-6-13(16)7-3-11)17-14-8-4-12(5-9-14)15(18)19/h2-10,17H,1H3,(H,18,19). The summed E-state index contributed by atoms with van der Waals surface area (Å²) in [7, 11) is 0. The van der Waals surface area contributed by atoms with Crippen LogP contribution in [0.2, 0.25) is 0 Å². The molecule has 0 amide bonds. The SMILES string of the molecule is CC(Nc1ccc(C(=O)O)cc1)c1ccc(I)cc1. The highest BCUT2D eigenvalue weighted by Gasteiger charge is 2.06. The molecule has 0 aromatic heterocycles. The quantitative estimate of drug-likeness (QED) is 0.798. The summed E-state index contributed by atoms with van der Waals surface area (Å²) in [5.41, 5.74) is 2.41. The van der Waals surface area contributed by atoms with Crippen LogP contribution in [0.15, 0.2) is 48.5 Å². The second kappa shape index (κ2) is 6.06. The van der Waals surface area contributed by atoms with Gasteiger partial charge in [-0.25, -0.2) is 4.79 Å². The van der Waals surface area contributed by atoms with Crippen LogP contribution in [-0.2, 0) is 0 Å². The van der Waals surface area contributed by atoms with Crippen LogP contribution in [0.3, 0.4) is 0 Å². The first-order chi connectivity index (χ1) is 9.06. The number of anilines is 1. The van der Waals surface area contributed by atoms with Crippen molar-refractivity contribution >= 4 is 34.2 Å². The Labute approximate surface area is 125 Å². The summed E-state index contributed by atoms with van der Waals surface area (Å²) in [6.07, 6.45) is 0. The number of hydrogen-bond acceptors (Lipinski definition) is 2. The van der Waals surface area contributed by atoms with Crippen molar-refractivity contribution in [2.24, 2.45) is 0 Å². The molecule has 0 saturated carbocycles. The smallest absolute Gasteiger partial charge is 0.335 e. The van der Waals surface area contributed by atoms with Crippen molar-refractivity contribution in [1.82, 2.24) is 0 Å². The van der Waals surface area contributed by atoms with E-state index in [4.69, 9.17) is 5.11 Å². The van der Waals surface area contributed by atoms with Crippen LogP contribution in [0.1, 0.15) is 28.9 Å². The molecule has 2 aromatic rings. The zero-order valence-electron chi connectivity index (χ0n) is 10.4. The monoisotopic (exact) mass is 367 g/mol. The Morgan fingerprint density at radius 1 is 1.11 bits per heavy atom. The van der Waals surface area contributed by atoms with Crippen molar-refractivity contribution in [3.63, 3.8) is 0 Å². The van der Waals surface area contributed by atoms with Crippen molar-refractivity contribution in [2.75, 3.05) is 5.32 Å². The molecule has 0 saturated heterocycles. The maximum atomic E-state index is 10.8. The van der Waals surface area contributed by atoms with Gasteiger partial charge in [0.1, 0.15) is 0 Å². The largest absolute Gasteiger partial charge is 0.478 e. The Morgan fingerprint density at radius 2 is 1.68 bits per heavy atom. The Morgan fingerprint density at radius 3 is 2.21 bits per heavy atom. The molecule has 0 aliphatic heterocycles. The summed E-state index contributed by atoms with van der Waals surface area (Å²) >= 11 is 2.28. The second-order valence-corrected chi connectivity index (χ2v) is 5.55. The maximum Gasteiger partial charge on any atom is 0.335 e. The van der Waals surface area contributed by atoms with Gasteiger partial charge in [-0.05, 0) is 71.5 Å². The van der Waals surface area contributed by atoms with Crippen molar-refractivity contribution in [1.29, 1.82) is 0 Å². The summed E-state index contributed by atoms with van der Waals surface area (Å²) in [6, 6.07) is 15.3. The number of hydrogen-bond donors (Lipinski definition) is 2. The number of aromatic carboxylic acids is 1. The Bertz CT molecular complexity index is 564. The van der Waals surface area contributed by atoms with E-state index in [0.717, 1.165) is 5.69 Å². The van der Waals surface area contributed by atoms with Gasteiger partial charge in [0.25, 0.3) is 0 Å². The first-order valence-electron chi connectivity index (χ1n) is 5.91. The molecule has 19 heavy (non-hydrogen) atoms. The molecular weight excluding hydrogens is 353 g/mol. The lowest BCUT2D eigenvalue weighted by atomic mass is 10.1. The third-order valence-electron chi connectivity index (χ3n) is 2.89. The number of carbonyl (C=O) groups is 1. The fraction of sp³-hybridized carbons (Fsp3) is 0.133. The predicted octanol–water partition coefficient (Wildman–Crippen LogP) is 4.16. The van der Waals surface area contributed by atoms with E-state index >= 15 is 0 Å². The molecule has 0 aliphatic rings. The number of halogens is 1. The lowest BCUT2D eigenvalue weighted by Gasteiger charge is -2.16. The van der Waals surface area contributed by atoms with Crippen LogP contribution >= 0.6 is 22.6 Å². The first kappa shape index (κ1) is 13.9. The minimum Gasteiger partial charge on any atom is -0.478 e. The zero-order chi connectivity index (χ0) is 13.8. The van der Waals surface area contributed by atoms with Crippen LogP contribution in [-0.4, -0.2) is 11.1 Å². The lowest BCUT2D eigenvalue weighted by Crippen LogP contribution is -2.06. The normalized spacial score (nSPS) is 11.9. The van der Waals surface area contributed by atoms with Gasteiger partial charge in [0.2, 0.25) is 0 Å². The molecule has 2 rings (SSSR count). The molecule has 0 fully saturated rings. The van der Waals surface area contributed by atoms with Crippen LogP contribution in [0, 0.1) is 3.57 Å². The lowest BCUT2D eigenvalue weighted by molar-refractivity contribution is 0.0697. The third kappa shape index (κ3) is 3.70. The summed E-state index contributed by atoms with van der Waals surface area (Å²) < 4.78 is 1.21. The van der Waals surface area contributed by atoms with Gasteiger partial charge in [-0.2, -0.15) is 0 Å². The van der Waals surface area contributed by atoms with E-state index in [9.17, 15) is 4.79 Å². The molecule has 98 valence electrons.